The first-order valence-corrected chi connectivity index (χ1v) is 11.6. The monoisotopic (exact) mass is 476 g/mol. The summed E-state index contributed by atoms with van der Waals surface area (Å²) >= 11 is 0. The second-order valence-corrected chi connectivity index (χ2v) is 8.76. The lowest BCUT2D eigenvalue weighted by atomic mass is 9.94. The van der Waals surface area contributed by atoms with E-state index in [1.165, 1.54) is 0 Å². The Kier molecular flexibility index (Phi) is 7.14. The number of nitrogens with one attached hydrogen (secondary N) is 1. The quantitative estimate of drug-likeness (QED) is 0.549. The van der Waals surface area contributed by atoms with Crippen LogP contribution < -0.4 is 20.9 Å². The van der Waals surface area contributed by atoms with E-state index in [9.17, 15) is 24.3 Å². The number of hydrogen-bond donors (Lipinski definition) is 3. The van der Waals surface area contributed by atoms with Crippen LogP contribution in [0.25, 0.3) is 0 Å². The molecule has 2 aliphatic heterocycles. The third-order valence-corrected chi connectivity index (χ3v) is 6.37. The summed E-state index contributed by atoms with van der Waals surface area (Å²) in [6.07, 6.45) is 4.28. The zero-order valence-corrected chi connectivity index (χ0v) is 19.3. The van der Waals surface area contributed by atoms with Crippen LogP contribution in [-0.2, 0) is 14.4 Å². The van der Waals surface area contributed by atoms with Crippen molar-refractivity contribution >= 4 is 40.8 Å². The van der Waals surface area contributed by atoms with Crippen LogP contribution in [0.2, 0.25) is 0 Å². The van der Waals surface area contributed by atoms with Gasteiger partial charge in [-0.15, -0.1) is 0 Å². The number of benzene rings is 2. The lowest BCUT2D eigenvalue weighted by molar-refractivity contribution is -0.131. The van der Waals surface area contributed by atoms with Crippen molar-refractivity contribution in [2.45, 2.75) is 38.1 Å². The maximum Gasteiger partial charge on any atom is 0.328 e. The molecule has 0 aliphatic carbocycles. The molecule has 1 atom stereocenters. The Hall–Kier alpha value is -4.14. The largest absolute Gasteiger partial charge is 0.478 e. The fraction of sp³-hybridized carbons (Fsp3) is 0.308. The van der Waals surface area contributed by atoms with Gasteiger partial charge in [-0.2, -0.15) is 0 Å². The van der Waals surface area contributed by atoms with Crippen LogP contribution in [0.5, 0.6) is 0 Å². The van der Waals surface area contributed by atoms with Gasteiger partial charge in [0.05, 0.1) is 0 Å². The smallest absolute Gasteiger partial charge is 0.328 e. The van der Waals surface area contributed by atoms with E-state index in [-0.39, 0.29) is 18.2 Å². The van der Waals surface area contributed by atoms with Gasteiger partial charge in [0.25, 0.3) is 0 Å². The van der Waals surface area contributed by atoms with E-state index >= 15 is 0 Å². The number of hydrogen-bond acceptors (Lipinski definition) is 5. The van der Waals surface area contributed by atoms with Crippen molar-refractivity contribution in [2.24, 2.45) is 5.73 Å². The first kappa shape index (κ1) is 24.0. The Bertz CT molecular complexity index is 1170. The third kappa shape index (κ3) is 5.68. The number of amides is 3. The number of carboxylic acid groups (broad SMARTS) is 1. The first-order chi connectivity index (χ1) is 16.8. The van der Waals surface area contributed by atoms with Crippen LogP contribution in [0, 0.1) is 0 Å². The molecule has 0 bridgehead atoms. The van der Waals surface area contributed by atoms with Gasteiger partial charge in [0, 0.05) is 48.2 Å². The van der Waals surface area contributed by atoms with E-state index in [2.05, 4.69) is 5.32 Å². The molecule has 2 heterocycles. The van der Waals surface area contributed by atoms with E-state index in [4.69, 9.17) is 5.73 Å². The van der Waals surface area contributed by atoms with Crippen molar-refractivity contribution in [3.8, 4) is 0 Å². The summed E-state index contributed by atoms with van der Waals surface area (Å²) in [7, 11) is 0. The molecule has 182 valence electrons. The second-order valence-electron chi connectivity index (χ2n) is 8.76. The zero-order valence-electron chi connectivity index (χ0n) is 19.3. The summed E-state index contributed by atoms with van der Waals surface area (Å²) in [6.45, 7) is 1.10. The van der Waals surface area contributed by atoms with Crippen molar-refractivity contribution in [1.29, 1.82) is 0 Å². The van der Waals surface area contributed by atoms with Gasteiger partial charge >= 0.3 is 5.97 Å². The first-order valence-electron chi connectivity index (χ1n) is 11.6. The molecule has 2 fully saturated rings. The number of aliphatic carboxylic acids is 1. The molecule has 2 aromatic rings. The number of anilines is 3. The molecule has 0 spiro atoms. The normalized spacial score (nSPS) is 19.5. The molecule has 2 saturated heterocycles. The van der Waals surface area contributed by atoms with Gasteiger partial charge in [-0.05, 0) is 68.1 Å². The van der Waals surface area contributed by atoms with Crippen LogP contribution in [-0.4, -0.2) is 47.9 Å². The van der Waals surface area contributed by atoms with Gasteiger partial charge in [0.15, 0.2) is 0 Å². The minimum absolute atomic E-state index is 0.0989. The molecular formula is C26H28N4O5. The summed E-state index contributed by atoms with van der Waals surface area (Å²) in [5.74, 6) is -1.82. The van der Waals surface area contributed by atoms with Crippen LogP contribution >= 0.6 is 0 Å². The number of piperidine rings is 2. The number of rotatable bonds is 6. The highest BCUT2D eigenvalue weighted by Gasteiger charge is 2.32. The minimum Gasteiger partial charge on any atom is -0.478 e. The van der Waals surface area contributed by atoms with Crippen molar-refractivity contribution in [1.82, 2.24) is 0 Å². The Morgan fingerprint density at radius 2 is 1.77 bits per heavy atom. The Labute approximate surface area is 203 Å². The summed E-state index contributed by atoms with van der Waals surface area (Å²) in [6, 6.07) is 13.2. The summed E-state index contributed by atoms with van der Waals surface area (Å²) in [5.41, 5.74) is 8.45. The lowest BCUT2D eigenvalue weighted by Gasteiger charge is -2.37. The van der Waals surface area contributed by atoms with Crippen LogP contribution in [0.1, 0.15) is 42.5 Å². The van der Waals surface area contributed by atoms with Gasteiger partial charge < -0.3 is 26.0 Å². The number of carbonyl (C=O) groups is 4. The molecule has 4 N–H and O–H groups in total. The lowest BCUT2D eigenvalue weighted by Crippen LogP contribution is -2.48. The van der Waals surface area contributed by atoms with Gasteiger partial charge in [-0.1, -0.05) is 11.6 Å². The van der Waals surface area contributed by atoms with E-state index in [0.29, 0.717) is 48.4 Å². The Morgan fingerprint density at radius 3 is 2.46 bits per heavy atom. The standard InChI is InChI=1S/C26H28N4O5/c27-25(34)18-4-3-5-21(16-18)29-13-11-17(15-24(32)33)14-22(29)26(35)28-19-7-9-20(10-8-19)30-12-2-1-6-23(30)31/h3-5,7-10,15-16,22H,1-2,6,11-14H2,(H2,27,34)(H,28,35)(H,32,33)/b17-15-/t22-/m0/s1. The molecule has 0 aromatic heterocycles. The number of carboxylic acids is 1. The maximum atomic E-state index is 13.4. The molecule has 35 heavy (non-hydrogen) atoms. The van der Waals surface area contributed by atoms with E-state index in [1.54, 1.807) is 41.3 Å². The number of nitrogens with zero attached hydrogens (tertiary/aromatic N) is 2. The molecule has 3 amide bonds. The fourth-order valence-corrected chi connectivity index (χ4v) is 4.60. The van der Waals surface area contributed by atoms with Crippen LogP contribution in [0.3, 0.4) is 0 Å². The molecular weight excluding hydrogens is 448 g/mol. The topological polar surface area (TPSA) is 133 Å². The molecule has 0 radical (unpaired) electrons. The van der Waals surface area contributed by atoms with E-state index in [1.807, 2.05) is 17.0 Å². The molecule has 0 unspecified atom stereocenters. The number of carbonyl (C=O) groups excluding carboxylic acids is 3. The molecule has 9 nitrogen and oxygen atoms in total. The molecule has 9 heteroatoms. The second kappa shape index (κ2) is 10.4. The molecule has 0 saturated carbocycles. The van der Waals surface area contributed by atoms with Gasteiger partial charge in [-0.25, -0.2) is 4.79 Å². The van der Waals surface area contributed by atoms with E-state index < -0.39 is 17.9 Å². The summed E-state index contributed by atoms with van der Waals surface area (Å²) in [4.78, 5) is 52.0. The molecule has 2 aromatic carbocycles. The van der Waals surface area contributed by atoms with Gasteiger partial charge in [0.2, 0.25) is 17.7 Å². The minimum atomic E-state index is -1.05. The predicted octanol–water partition coefficient (Wildman–Crippen LogP) is 2.92. The maximum absolute atomic E-state index is 13.4. The average Bonchev–Trinajstić information content (AvgIpc) is 2.84. The third-order valence-electron chi connectivity index (χ3n) is 6.37. The van der Waals surface area contributed by atoms with Crippen molar-refractivity contribution in [3.63, 3.8) is 0 Å². The molecule has 4 rings (SSSR count). The summed E-state index contributed by atoms with van der Waals surface area (Å²) < 4.78 is 0. The Morgan fingerprint density at radius 1 is 1.00 bits per heavy atom. The molecule has 2 aliphatic rings. The highest BCUT2D eigenvalue weighted by Crippen LogP contribution is 2.30. The zero-order chi connectivity index (χ0) is 24.9. The highest BCUT2D eigenvalue weighted by molar-refractivity contribution is 5.99. The predicted molar refractivity (Wildman–Crippen MR) is 132 cm³/mol. The highest BCUT2D eigenvalue weighted by atomic mass is 16.4. The van der Waals surface area contributed by atoms with Crippen molar-refractivity contribution < 1.29 is 24.3 Å². The van der Waals surface area contributed by atoms with E-state index in [0.717, 1.165) is 24.6 Å². The van der Waals surface area contributed by atoms with Crippen molar-refractivity contribution in [2.75, 3.05) is 28.2 Å². The summed E-state index contributed by atoms with van der Waals surface area (Å²) in [5, 5.41) is 12.1. The Balaban J connectivity index is 1.55. The SMILES string of the molecule is NC(=O)c1cccc(N2CC/C(=C/C(=O)O)C[C@H]2C(=O)Nc2ccc(N3CCCCC3=O)cc2)c1. The van der Waals surface area contributed by atoms with Crippen LogP contribution in [0.4, 0.5) is 17.1 Å². The van der Waals surface area contributed by atoms with Gasteiger partial charge in [0.1, 0.15) is 6.04 Å². The van der Waals surface area contributed by atoms with Gasteiger partial charge in [-0.3, -0.25) is 14.4 Å². The average molecular weight is 477 g/mol. The van der Waals surface area contributed by atoms with Crippen LogP contribution in [0.15, 0.2) is 60.2 Å². The fourth-order valence-electron chi connectivity index (χ4n) is 4.60. The number of nitrogens with two attached hydrogens (primary N) is 1. The number of primary amides is 1. The van der Waals surface area contributed by atoms with Crippen molar-refractivity contribution in [3.05, 3.63) is 65.7 Å².